The number of rotatable bonds is 5. The molecule has 26 heavy (non-hydrogen) atoms. The van der Waals surface area contributed by atoms with Crippen LogP contribution in [0, 0.1) is 6.92 Å². The largest absolute Gasteiger partial charge is 0.369 e. The Kier molecular flexibility index (Phi) is 6.00. The van der Waals surface area contributed by atoms with Gasteiger partial charge in [-0.25, -0.2) is 0 Å². The van der Waals surface area contributed by atoms with Crippen molar-refractivity contribution in [2.75, 3.05) is 31.1 Å². The van der Waals surface area contributed by atoms with Gasteiger partial charge < -0.3 is 9.80 Å². The smallest absolute Gasteiger partial charge is 0.223 e. The Morgan fingerprint density at radius 2 is 1.81 bits per heavy atom. The van der Waals surface area contributed by atoms with Crippen molar-refractivity contribution < 1.29 is 9.59 Å². The number of carbonyl (C=O) groups is 2. The van der Waals surface area contributed by atoms with Crippen LogP contribution in [0.5, 0.6) is 0 Å². The van der Waals surface area contributed by atoms with E-state index in [1.165, 1.54) is 5.69 Å². The molecule has 0 N–H and O–H groups in total. The van der Waals surface area contributed by atoms with Gasteiger partial charge in [-0.15, -0.1) is 0 Å². The van der Waals surface area contributed by atoms with Crippen molar-refractivity contribution in [1.29, 1.82) is 0 Å². The summed E-state index contributed by atoms with van der Waals surface area (Å²) in [5.41, 5.74) is 3.02. The molecule has 0 atom stereocenters. The van der Waals surface area contributed by atoms with E-state index in [4.69, 9.17) is 0 Å². The SMILES string of the molecule is Cc1cnccc1N1CCCN(C(=O)CCC(=O)c2ccccc2)CC1. The first-order chi connectivity index (χ1) is 12.6. The van der Waals surface area contributed by atoms with E-state index in [0.717, 1.165) is 31.6 Å². The Bertz CT molecular complexity index is 761. The Morgan fingerprint density at radius 1 is 1.00 bits per heavy atom. The summed E-state index contributed by atoms with van der Waals surface area (Å²) < 4.78 is 0. The molecule has 1 aromatic heterocycles. The molecule has 2 heterocycles. The van der Waals surface area contributed by atoms with E-state index in [9.17, 15) is 9.59 Å². The van der Waals surface area contributed by atoms with Crippen LogP contribution in [0.3, 0.4) is 0 Å². The quantitative estimate of drug-likeness (QED) is 0.777. The third kappa shape index (κ3) is 4.48. The summed E-state index contributed by atoms with van der Waals surface area (Å²) in [6.07, 6.45) is 5.17. The van der Waals surface area contributed by atoms with E-state index in [2.05, 4.69) is 16.8 Å². The first-order valence-electron chi connectivity index (χ1n) is 9.17. The molecule has 0 saturated carbocycles. The van der Waals surface area contributed by atoms with Crippen molar-refractivity contribution >= 4 is 17.4 Å². The van der Waals surface area contributed by atoms with Crippen molar-refractivity contribution in [1.82, 2.24) is 9.88 Å². The third-order valence-electron chi connectivity index (χ3n) is 4.84. The van der Waals surface area contributed by atoms with Crippen LogP contribution in [-0.4, -0.2) is 47.8 Å². The lowest BCUT2D eigenvalue weighted by Gasteiger charge is -2.25. The molecule has 3 rings (SSSR count). The first kappa shape index (κ1) is 18.1. The summed E-state index contributed by atoms with van der Waals surface area (Å²) in [6, 6.07) is 11.2. The Labute approximate surface area is 154 Å². The Hall–Kier alpha value is -2.69. The number of ketones is 1. The van der Waals surface area contributed by atoms with Crippen molar-refractivity contribution in [2.24, 2.45) is 0 Å². The third-order valence-corrected chi connectivity index (χ3v) is 4.84. The highest BCUT2D eigenvalue weighted by Gasteiger charge is 2.20. The van der Waals surface area contributed by atoms with Crippen LogP contribution < -0.4 is 4.90 Å². The predicted molar refractivity (Wildman–Crippen MR) is 102 cm³/mol. The topological polar surface area (TPSA) is 53.5 Å². The molecule has 0 spiro atoms. The molecular formula is C21H25N3O2. The zero-order chi connectivity index (χ0) is 18.4. The monoisotopic (exact) mass is 351 g/mol. The van der Waals surface area contributed by atoms with Crippen LogP contribution in [0.4, 0.5) is 5.69 Å². The maximum absolute atomic E-state index is 12.5. The normalized spacial score (nSPS) is 14.8. The second-order valence-electron chi connectivity index (χ2n) is 6.67. The Balaban J connectivity index is 1.53. The van der Waals surface area contributed by atoms with Crippen LogP contribution >= 0.6 is 0 Å². The molecule has 0 aliphatic carbocycles. The van der Waals surface area contributed by atoms with Crippen LogP contribution in [0.1, 0.15) is 35.2 Å². The van der Waals surface area contributed by atoms with Gasteiger partial charge in [-0.05, 0) is 25.0 Å². The number of amides is 1. The molecule has 5 nitrogen and oxygen atoms in total. The van der Waals surface area contributed by atoms with Gasteiger partial charge in [0.25, 0.3) is 0 Å². The fourth-order valence-corrected chi connectivity index (χ4v) is 3.38. The van der Waals surface area contributed by atoms with Gasteiger partial charge in [-0.2, -0.15) is 0 Å². The van der Waals surface area contributed by atoms with Gasteiger partial charge in [0.2, 0.25) is 5.91 Å². The molecule has 1 aromatic carbocycles. The molecule has 0 radical (unpaired) electrons. The highest BCUT2D eigenvalue weighted by Crippen LogP contribution is 2.20. The van der Waals surface area contributed by atoms with Gasteiger partial charge >= 0.3 is 0 Å². The van der Waals surface area contributed by atoms with Gasteiger partial charge in [-0.1, -0.05) is 30.3 Å². The molecule has 1 fully saturated rings. The fraction of sp³-hybridized carbons (Fsp3) is 0.381. The number of anilines is 1. The summed E-state index contributed by atoms with van der Waals surface area (Å²) in [7, 11) is 0. The van der Waals surface area contributed by atoms with Gasteiger partial charge in [0.15, 0.2) is 5.78 Å². The number of nitrogens with zero attached hydrogens (tertiary/aromatic N) is 3. The molecule has 1 saturated heterocycles. The molecule has 136 valence electrons. The van der Waals surface area contributed by atoms with Crippen molar-refractivity contribution in [3.63, 3.8) is 0 Å². The molecule has 1 amide bonds. The number of carbonyl (C=O) groups excluding carboxylic acids is 2. The predicted octanol–water partition coefficient (Wildman–Crippen LogP) is 3.09. The maximum Gasteiger partial charge on any atom is 0.223 e. The summed E-state index contributed by atoms with van der Waals surface area (Å²) >= 11 is 0. The van der Waals surface area contributed by atoms with Crippen LogP contribution in [0.15, 0.2) is 48.8 Å². The molecule has 1 aliphatic rings. The highest BCUT2D eigenvalue weighted by atomic mass is 16.2. The van der Waals surface area contributed by atoms with E-state index >= 15 is 0 Å². The number of pyridine rings is 1. The van der Waals surface area contributed by atoms with Crippen molar-refractivity contribution in [2.45, 2.75) is 26.2 Å². The highest BCUT2D eigenvalue weighted by molar-refractivity contribution is 5.97. The fourth-order valence-electron chi connectivity index (χ4n) is 3.38. The van der Waals surface area contributed by atoms with Crippen LogP contribution in [-0.2, 0) is 4.79 Å². The molecule has 5 heteroatoms. The average Bonchev–Trinajstić information content (AvgIpc) is 2.93. The van der Waals surface area contributed by atoms with Gasteiger partial charge in [0, 0.05) is 62.7 Å². The lowest BCUT2D eigenvalue weighted by molar-refractivity contribution is -0.130. The lowest BCUT2D eigenvalue weighted by atomic mass is 10.1. The van der Waals surface area contributed by atoms with Gasteiger partial charge in [-0.3, -0.25) is 14.6 Å². The second kappa shape index (κ2) is 8.61. The number of benzene rings is 1. The zero-order valence-electron chi connectivity index (χ0n) is 15.2. The number of hydrogen-bond donors (Lipinski definition) is 0. The molecule has 1 aliphatic heterocycles. The lowest BCUT2D eigenvalue weighted by Crippen LogP contribution is -2.35. The minimum atomic E-state index is 0.0304. The van der Waals surface area contributed by atoms with E-state index in [0.29, 0.717) is 12.1 Å². The standard InChI is InChI=1S/C21H25N3O2/c1-17-16-22-11-10-19(17)23-12-5-13-24(15-14-23)21(26)9-8-20(25)18-6-3-2-4-7-18/h2-4,6-7,10-11,16H,5,8-9,12-15H2,1H3. The zero-order valence-corrected chi connectivity index (χ0v) is 15.2. The second-order valence-corrected chi connectivity index (χ2v) is 6.67. The number of aromatic nitrogens is 1. The van der Waals surface area contributed by atoms with E-state index in [-0.39, 0.29) is 24.5 Å². The van der Waals surface area contributed by atoms with Crippen molar-refractivity contribution in [3.8, 4) is 0 Å². The summed E-state index contributed by atoms with van der Waals surface area (Å²) in [4.78, 5) is 33.1. The molecule has 0 unspecified atom stereocenters. The van der Waals surface area contributed by atoms with Crippen LogP contribution in [0.2, 0.25) is 0 Å². The number of hydrogen-bond acceptors (Lipinski definition) is 4. The van der Waals surface area contributed by atoms with E-state index in [1.54, 1.807) is 12.1 Å². The van der Waals surface area contributed by atoms with Gasteiger partial charge in [0.1, 0.15) is 0 Å². The van der Waals surface area contributed by atoms with Crippen molar-refractivity contribution in [3.05, 3.63) is 59.9 Å². The number of Topliss-reactive ketones (excluding diaryl/α,β-unsaturated/α-hetero) is 1. The Morgan fingerprint density at radius 3 is 2.58 bits per heavy atom. The average molecular weight is 351 g/mol. The molecule has 0 bridgehead atoms. The first-order valence-corrected chi connectivity index (χ1v) is 9.17. The summed E-state index contributed by atoms with van der Waals surface area (Å²) in [5, 5.41) is 0. The minimum Gasteiger partial charge on any atom is -0.369 e. The minimum absolute atomic E-state index is 0.0304. The summed E-state index contributed by atoms with van der Waals surface area (Å²) in [5.74, 6) is 0.102. The van der Waals surface area contributed by atoms with E-state index < -0.39 is 0 Å². The molecule has 2 aromatic rings. The van der Waals surface area contributed by atoms with E-state index in [1.807, 2.05) is 41.6 Å². The van der Waals surface area contributed by atoms with Crippen LogP contribution in [0.25, 0.3) is 0 Å². The van der Waals surface area contributed by atoms with Gasteiger partial charge in [0.05, 0.1) is 0 Å². The maximum atomic E-state index is 12.5. The summed E-state index contributed by atoms with van der Waals surface area (Å²) in [6.45, 7) is 5.24. The molecular weight excluding hydrogens is 326 g/mol. The number of aryl methyl sites for hydroxylation is 1.